The maximum absolute atomic E-state index is 10.6. The number of hydrogen-bond donors (Lipinski definition) is 1. The lowest BCUT2D eigenvalue weighted by atomic mass is 10.0. The maximum atomic E-state index is 10.6. The molecule has 0 aliphatic heterocycles. The van der Waals surface area contributed by atoms with E-state index < -0.39 is 6.29 Å². The molecule has 3 nitrogen and oxygen atoms in total. The van der Waals surface area contributed by atoms with Crippen molar-refractivity contribution in [1.29, 1.82) is 0 Å². The first-order chi connectivity index (χ1) is 18.7. The Kier molecular flexibility index (Phi) is 10.8. The van der Waals surface area contributed by atoms with Crippen LogP contribution in [-0.2, 0) is 0 Å². The Morgan fingerprint density at radius 2 is 1.24 bits per heavy atom. The van der Waals surface area contributed by atoms with E-state index in [9.17, 15) is 5.11 Å². The molecule has 0 heterocycles. The highest BCUT2D eigenvalue weighted by Gasteiger charge is 2.15. The van der Waals surface area contributed by atoms with Gasteiger partial charge in [-0.25, -0.2) is 0 Å². The van der Waals surface area contributed by atoms with Gasteiger partial charge < -0.3 is 14.7 Å². The molecular weight excluding hydrogens is 534 g/mol. The predicted octanol–water partition coefficient (Wildman–Crippen LogP) is 10.4. The largest absolute Gasteiger partial charge is 0.464 e. The molecule has 4 aromatic rings. The summed E-state index contributed by atoms with van der Waals surface area (Å²) in [5, 5.41) is 10.6. The van der Waals surface area contributed by atoms with Crippen molar-refractivity contribution < 1.29 is 9.84 Å². The van der Waals surface area contributed by atoms with Crippen LogP contribution in [0.4, 0.5) is 17.1 Å². The first kappa shape index (κ1) is 27.9. The van der Waals surface area contributed by atoms with E-state index in [1.807, 2.05) is 30.3 Å². The van der Waals surface area contributed by atoms with E-state index >= 15 is 0 Å². The van der Waals surface area contributed by atoms with Crippen molar-refractivity contribution in [2.75, 3.05) is 4.90 Å². The van der Waals surface area contributed by atoms with Crippen molar-refractivity contribution in [3.63, 3.8) is 0 Å². The van der Waals surface area contributed by atoms with Crippen LogP contribution in [0.15, 0.2) is 108 Å². The molecule has 0 spiro atoms. The first-order valence-corrected chi connectivity index (χ1v) is 14.6. The SMILES string of the molecule is CCCCCCCCCC(O)Oc1cc(Br)ccc1-c1ccc(N(c2ccccc2)c2ccccc2)cc1. The molecule has 0 fully saturated rings. The average molecular weight is 573 g/mol. The van der Waals surface area contributed by atoms with E-state index in [0.717, 1.165) is 45.5 Å². The number of hydrogen-bond acceptors (Lipinski definition) is 3. The number of para-hydroxylation sites is 2. The van der Waals surface area contributed by atoms with Crippen molar-refractivity contribution in [3.05, 3.63) is 108 Å². The summed E-state index contributed by atoms with van der Waals surface area (Å²) in [6, 6.07) is 35.3. The highest BCUT2D eigenvalue weighted by atomic mass is 79.9. The van der Waals surface area contributed by atoms with Gasteiger partial charge in [-0.05, 0) is 66.6 Å². The van der Waals surface area contributed by atoms with Gasteiger partial charge in [-0.2, -0.15) is 0 Å². The van der Waals surface area contributed by atoms with Gasteiger partial charge in [-0.15, -0.1) is 0 Å². The van der Waals surface area contributed by atoms with E-state index in [-0.39, 0.29) is 0 Å². The third-order valence-corrected chi connectivity index (χ3v) is 7.22. The molecule has 198 valence electrons. The van der Waals surface area contributed by atoms with Crippen LogP contribution in [0, 0.1) is 0 Å². The summed E-state index contributed by atoms with van der Waals surface area (Å²) in [4.78, 5) is 2.24. The second kappa shape index (κ2) is 14.8. The molecule has 38 heavy (non-hydrogen) atoms. The number of rotatable bonds is 14. The summed E-state index contributed by atoms with van der Waals surface area (Å²) in [7, 11) is 0. The summed E-state index contributed by atoms with van der Waals surface area (Å²) < 4.78 is 6.98. The van der Waals surface area contributed by atoms with Crippen LogP contribution in [0.1, 0.15) is 58.3 Å². The Labute approximate surface area is 236 Å². The maximum Gasteiger partial charge on any atom is 0.197 e. The highest BCUT2D eigenvalue weighted by molar-refractivity contribution is 9.10. The molecule has 0 aliphatic carbocycles. The Balaban J connectivity index is 1.48. The van der Waals surface area contributed by atoms with E-state index in [4.69, 9.17) is 4.74 Å². The topological polar surface area (TPSA) is 32.7 Å². The zero-order chi connectivity index (χ0) is 26.6. The van der Waals surface area contributed by atoms with Crippen molar-refractivity contribution in [2.45, 2.75) is 64.6 Å². The Morgan fingerprint density at radius 3 is 1.84 bits per heavy atom. The number of unbranched alkanes of at least 4 members (excludes halogenated alkanes) is 6. The lowest BCUT2D eigenvalue weighted by Crippen LogP contribution is -2.15. The van der Waals surface area contributed by atoms with Crippen LogP contribution >= 0.6 is 15.9 Å². The van der Waals surface area contributed by atoms with Gasteiger partial charge in [0.2, 0.25) is 0 Å². The predicted molar refractivity (Wildman–Crippen MR) is 164 cm³/mol. The van der Waals surface area contributed by atoms with Crippen molar-refractivity contribution in [1.82, 2.24) is 0 Å². The van der Waals surface area contributed by atoms with E-state index in [1.165, 1.54) is 32.1 Å². The molecule has 4 heteroatoms. The van der Waals surface area contributed by atoms with E-state index in [0.29, 0.717) is 12.2 Å². The lowest BCUT2D eigenvalue weighted by Gasteiger charge is -2.25. The zero-order valence-electron chi connectivity index (χ0n) is 22.2. The molecule has 0 aliphatic rings. The van der Waals surface area contributed by atoms with E-state index in [2.05, 4.69) is 101 Å². The minimum Gasteiger partial charge on any atom is -0.464 e. The van der Waals surface area contributed by atoms with Gasteiger partial charge in [0.1, 0.15) is 5.75 Å². The number of aliphatic hydroxyl groups excluding tert-OH is 1. The van der Waals surface area contributed by atoms with Gasteiger partial charge in [-0.3, -0.25) is 0 Å². The molecule has 1 atom stereocenters. The second-order valence-electron chi connectivity index (χ2n) is 9.68. The molecular formula is C34H38BrNO2. The molecule has 0 aromatic heterocycles. The molecule has 0 bridgehead atoms. The normalized spacial score (nSPS) is 11.8. The van der Waals surface area contributed by atoms with Gasteiger partial charge in [0, 0.05) is 33.5 Å². The number of halogens is 1. The van der Waals surface area contributed by atoms with Gasteiger partial charge in [0.15, 0.2) is 6.29 Å². The van der Waals surface area contributed by atoms with Crippen LogP contribution in [0.2, 0.25) is 0 Å². The first-order valence-electron chi connectivity index (χ1n) is 13.8. The van der Waals surface area contributed by atoms with Crippen LogP contribution in [-0.4, -0.2) is 11.4 Å². The highest BCUT2D eigenvalue weighted by Crippen LogP contribution is 2.38. The average Bonchev–Trinajstić information content (AvgIpc) is 2.94. The monoisotopic (exact) mass is 571 g/mol. The Hall–Kier alpha value is -3.08. The molecule has 1 unspecified atom stereocenters. The van der Waals surface area contributed by atoms with Crippen molar-refractivity contribution >= 4 is 33.0 Å². The zero-order valence-corrected chi connectivity index (χ0v) is 23.8. The van der Waals surface area contributed by atoms with Gasteiger partial charge in [-0.1, -0.05) is 110 Å². The molecule has 0 amide bonds. The fourth-order valence-electron chi connectivity index (χ4n) is 4.71. The molecule has 0 saturated heterocycles. The number of anilines is 3. The molecule has 0 saturated carbocycles. The fourth-order valence-corrected chi connectivity index (χ4v) is 5.05. The molecule has 0 radical (unpaired) electrons. The summed E-state index contributed by atoms with van der Waals surface area (Å²) >= 11 is 3.57. The van der Waals surface area contributed by atoms with Crippen LogP contribution in [0.25, 0.3) is 11.1 Å². The summed E-state index contributed by atoms with van der Waals surface area (Å²) in [6.07, 6.45) is 8.33. The van der Waals surface area contributed by atoms with Crippen molar-refractivity contribution in [3.8, 4) is 16.9 Å². The van der Waals surface area contributed by atoms with Gasteiger partial charge in [0.25, 0.3) is 0 Å². The van der Waals surface area contributed by atoms with Crippen molar-refractivity contribution in [2.24, 2.45) is 0 Å². The number of nitrogens with zero attached hydrogens (tertiary/aromatic N) is 1. The number of benzene rings is 4. The second-order valence-corrected chi connectivity index (χ2v) is 10.6. The molecule has 4 rings (SSSR count). The number of aliphatic hydroxyl groups is 1. The summed E-state index contributed by atoms with van der Waals surface area (Å²) in [6.45, 7) is 2.24. The molecule has 1 N–H and O–H groups in total. The fraction of sp³-hybridized carbons (Fsp3) is 0.294. The summed E-state index contributed by atoms with van der Waals surface area (Å²) in [5.41, 5.74) is 5.29. The Morgan fingerprint density at radius 1 is 0.684 bits per heavy atom. The Bertz CT molecular complexity index is 1190. The van der Waals surface area contributed by atoms with Crippen LogP contribution in [0.5, 0.6) is 5.75 Å². The number of ether oxygens (including phenoxy) is 1. The quantitative estimate of drug-likeness (QED) is 0.121. The van der Waals surface area contributed by atoms with Crippen LogP contribution < -0.4 is 9.64 Å². The standard InChI is InChI=1S/C34H38BrNO2/c1-2-3-4-5-6-7-14-19-34(37)38-33-26-28(35)22-25-32(33)27-20-23-31(24-21-27)36(29-15-10-8-11-16-29)30-17-12-9-13-18-30/h8-13,15-18,20-26,34,37H,2-7,14,19H2,1H3. The minimum absolute atomic E-state index is 0.641. The molecule has 4 aromatic carbocycles. The smallest absolute Gasteiger partial charge is 0.197 e. The van der Waals surface area contributed by atoms with Crippen LogP contribution in [0.3, 0.4) is 0 Å². The minimum atomic E-state index is -0.815. The summed E-state index contributed by atoms with van der Waals surface area (Å²) in [5.74, 6) is 0.686. The third-order valence-electron chi connectivity index (χ3n) is 6.73. The van der Waals surface area contributed by atoms with Gasteiger partial charge >= 0.3 is 0 Å². The van der Waals surface area contributed by atoms with E-state index in [1.54, 1.807) is 0 Å². The third kappa shape index (κ3) is 7.96. The van der Waals surface area contributed by atoms with Gasteiger partial charge in [0.05, 0.1) is 0 Å². The lowest BCUT2D eigenvalue weighted by molar-refractivity contribution is -0.0242.